The molecule has 0 unspecified atom stereocenters. The maximum absolute atomic E-state index is 9.04. The van der Waals surface area contributed by atoms with E-state index < -0.39 is 0 Å². The van der Waals surface area contributed by atoms with Crippen LogP contribution in [-0.2, 0) is 4.74 Å². The molecule has 0 aromatic carbocycles. The van der Waals surface area contributed by atoms with Gasteiger partial charge < -0.3 is 14.5 Å². The van der Waals surface area contributed by atoms with Crippen molar-refractivity contribution in [3.05, 3.63) is 22.5 Å². The highest BCUT2D eigenvalue weighted by atomic mass is 79.9. The Bertz CT molecular complexity index is 969. The topological polar surface area (TPSA) is 74.1 Å². The molecule has 0 bridgehead atoms. The van der Waals surface area contributed by atoms with Crippen LogP contribution in [0.5, 0.6) is 0 Å². The average molecular weight is 458 g/mol. The second kappa shape index (κ2) is 7.73. The van der Waals surface area contributed by atoms with Crippen LogP contribution >= 0.6 is 15.9 Å². The fourth-order valence-electron chi connectivity index (χ4n) is 4.91. The number of ether oxygens (including phenoxy) is 1. The van der Waals surface area contributed by atoms with Crippen molar-refractivity contribution in [2.75, 3.05) is 25.0 Å². The molecule has 0 amide bonds. The molecule has 0 atom stereocenters. The van der Waals surface area contributed by atoms with Crippen molar-refractivity contribution in [3.63, 3.8) is 0 Å². The van der Waals surface area contributed by atoms with E-state index in [2.05, 4.69) is 37.0 Å². The molecule has 0 radical (unpaired) electrons. The first-order valence-corrected chi connectivity index (χ1v) is 11.4. The second-order valence-corrected chi connectivity index (χ2v) is 9.44. The van der Waals surface area contributed by atoms with Crippen LogP contribution in [-0.4, -0.2) is 47.1 Å². The number of hydrogen-bond acceptors (Lipinski definition) is 5. The van der Waals surface area contributed by atoms with E-state index in [1.165, 1.54) is 32.1 Å². The SMILES string of the molecule is N#Cc1cc2c(Br)c(NC3CCC(C=[N+]4CCC5(CCO5)CC4)CC3)ncc2o1. The summed E-state index contributed by atoms with van der Waals surface area (Å²) in [6.45, 7) is 3.24. The highest BCUT2D eigenvalue weighted by Gasteiger charge is 2.43. The maximum Gasteiger partial charge on any atom is 0.204 e. The predicted molar refractivity (Wildman–Crippen MR) is 114 cm³/mol. The Hall–Kier alpha value is -1.91. The third-order valence-corrected chi connectivity index (χ3v) is 7.64. The molecule has 152 valence electrons. The van der Waals surface area contributed by atoms with E-state index in [9.17, 15) is 0 Å². The van der Waals surface area contributed by atoms with E-state index >= 15 is 0 Å². The number of nitrogens with zero attached hydrogens (tertiary/aromatic N) is 3. The zero-order chi connectivity index (χ0) is 19.8. The lowest BCUT2D eigenvalue weighted by molar-refractivity contribution is -0.548. The summed E-state index contributed by atoms with van der Waals surface area (Å²) in [7, 11) is 0. The largest absolute Gasteiger partial charge is 0.444 e. The fraction of sp³-hybridized carbons (Fsp3) is 0.591. The van der Waals surface area contributed by atoms with Gasteiger partial charge in [0.15, 0.2) is 5.58 Å². The summed E-state index contributed by atoms with van der Waals surface area (Å²) in [4.78, 5) is 4.50. The zero-order valence-corrected chi connectivity index (χ0v) is 18.1. The van der Waals surface area contributed by atoms with Gasteiger partial charge in [-0.25, -0.2) is 9.56 Å². The first kappa shape index (κ1) is 19.1. The Balaban J connectivity index is 1.17. The molecule has 3 fully saturated rings. The molecule has 1 N–H and O–H groups in total. The van der Waals surface area contributed by atoms with Crippen molar-refractivity contribution < 1.29 is 13.7 Å². The second-order valence-electron chi connectivity index (χ2n) is 8.64. The molecule has 2 saturated heterocycles. The average Bonchev–Trinajstić information content (AvgIpc) is 3.15. The molecular weight excluding hydrogens is 432 g/mol. The molecule has 1 spiro atoms. The number of fused-ring (bicyclic) bond motifs is 1. The van der Waals surface area contributed by atoms with Gasteiger partial charge >= 0.3 is 0 Å². The summed E-state index contributed by atoms with van der Waals surface area (Å²) in [5.74, 6) is 1.82. The third kappa shape index (κ3) is 3.80. The smallest absolute Gasteiger partial charge is 0.204 e. The quantitative estimate of drug-likeness (QED) is 0.688. The van der Waals surface area contributed by atoms with E-state index in [4.69, 9.17) is 14.4 Å². The van der Waals surface area contributed by atoms with Gasteiger partial charge in [-0.1, -0.05) is 0 Å². The van der Waals surface area contributed by atoms with Crippen LogP contribution in [0.4, 0.5) is 5.82 Å². The van der Waals surface area contributed by atoms with Crippen molar-refractivity contribution >= 4 is 38.9 Å². The minimum absolute atomic E-state index is 0.233. The summed E-state index contributed by atoms with van der Waals surface area (Å²) in [5, 5.41) is 13.5. The maximum atomic E-state index is 9.04. The minimum Gasteiger partial charge on any atom is -0.444 e. The number of aromatic nitrogens is 1. The highest BCUT2D eigenvalue weighted by Crippen LogP contribution is 2.36. The molecule has 2 aromatic rings. The normalized spacial score (nSPS) is 29.4. The van der Waals surface area contributed by atoms with Gasteiger partial charge in [0.1, 0.15) is 31.2 Å². The zero-order valence-electron chi connectivity index (χ0n) is 16.5. The summed E-state index contributed by atoms with van der Waals surface area (Å²) >= 11 is 3.63. The van der Waals surface area contributed by atoms with Crippen LogP contribution in [0, 0.1) is 17.2 Å². The van der Waals surface area contributed by atoms with Crippen LogP contribution in [0.25, 0.3) is 11.0 Å². The van der Waals surface area contributed by atoms with Crippen molar-refractivity contribution in [1.29, 1.82) is 5.26 Å². The lowest BCUT2D eigenvalue weighted by Gasteiger charge is -2.43. The Morgan fingerprint density at radius 2 is 2.00 bits per heavy atom. The van der Waals surface area contributed by atoms with Crippen LogP contribution in [0.1, 0.15) is 50.7 Å². The number of pyridine rings is 1. The summed E-state index contributed by atoms with van der Waals surface area (Å²) in [5.41, 5.74) is 0.865. The predicted octanol–water partition coefficient (Wildman–Crippen LogP) is 4.47. The van der Waals surface area contributed by atoms with E-state index in [0.29, 0.717) is 23.3 Å². The molecule has 4 heterocycles. The van der Waals surface area contributed by atoms with Gasteiger partial charge in [0.25, 0.3) is 0 Å². The van der Waals surface area contributed by atoms with Crippen molar-refractivity contribution in [2.24, 2.45) is 5.92 Å². The lowest BCUT2D eigenvalue weighted by atomic mass is 9.84. The summed E-state index contributed by atoms with van der Waals surface area (Å²) in [6, 6.07) is 4.23. The molecule has 7 heteroatoms. The first-order chi connectivity index (χ1) is 14.1. The Kier molecular flexibility index (Phi) is 5.09. The number of nitrogens with one attached hydrogen (secondary N) is 1. The number of hydrogen-bond donors (Lipinski definition) is 1. The van der Waals surface area contributed by atoms with Crippen molar-refractivity contribution in [3.8, 4) is 6.07 Å². The van der Waals surface area contributed by atoms with Crippen LogP contribution < -0.4 is 5.32 Å². The van der Waals surface area contributed by atoms with Crippen LogP contribution in [0.3, 0.4) is 0 Å². The molecule has 2 aromatic heterocycles. The van der Waals surface area contributed by atoms with Gasteiger partial charge in [0, 0.05) is 42.7 Å². The number of furan rings is 1. The molecule has 1 aliphatic carbocycles. The third-order valence-electron chi connectivity index (χ3n) is 6.84. The number of anilines is 1. The monoisotopic (exact) mass is 457 g/mol. The summed E-state index contributed by atoms with van der Waals surface area (Å²) < 4.78 is 14.7. The molecule has 6 nitrogen and oxygen atoms in total. The molecule has 1 saturated carbocycles. The molecule has 29 heavy (non-hydrogen) atoms. The Labute approximate surface area is 179 Å². The molecule has 2 aliphatic heterocycles. The number of nitriles is 1. The molecule has 5 rings (SSSR count). The van der Waals surface area contributed by atoms with Gasteiger partial charge in [0.2, 0.25) is 5.76 Å². The number of piperidine rings is 1. The summed E-state index contributed by atoms with van der Waals surface area (Å²) in [6.07, 6.45) is 12.5. The Morgan fingerprint density at radius 1 is 1.24 bits per heavy atom. The fourth-order valence-corrected chi connectivity index (χ4v) is 5.43. The van der Waals surface area contributed by atoms with Gasteiger partial charge in [-0.15, -0.1) is 0 Å². The van der Waals surface area contributed by atoms with E-state index in [0.717, 1.165) is 48.2 Å². The van der Waals surface area contributed by atoms with Crippen molar-refractivity contribution in [1.82, 2.24) is 4.98 Å². The van der Waals surface area contributed by atoms with E-state index in [-0.39, 0.29) is 5.60 Å². The van der Waals surface area contributed by atoms with Gasteiger partial charge in [0.05, 0.1) is 22.9 Å². The van der Waals surface area contributed by atoms with Crippen LogP contribution in [0.2, 0.25) is 0 Å². The van der Waals surface area contributed by atoms with Crippen molar-refractivity contribution in [2.45, 2.75) is 56.6 Å². The highest BCUT2D eigenvalue weighted by molar-refractivity contribution is 9.10. The number of rotatable bonds is 3. The Morgan fingerprint density at radius 3 is 2.66 bits per heavy atom. The van der Waals surface area contributed by atoms with E-state index in [1.54, 1.807) is 12.3 Å². The minimum atomic E-state index is 0.233. The van der Waals surface area contributed by atoms with Gasteiger partial charge in [-0.2, -0.15) is 5.26 Å². The molecule has 3 aliphatic rings. The molecular formula is C22H26BrN4O2+. The van der Waals surface area contributed by atoms with Gasteiger partial charge in [-0.05, 0) is 41.6 Å². The number of halogens is 1. The standard InChI is InChI=1S/C22H26BrN4O2/c23-20-18-11-17(12-24)29-19(18)13-25-21(20)26-16-3-1-15(2-4-16)14-27-8-5-22(6-9-27)7-10-28-22/h11,13-16H,1-10H2,(H,25,26)/q+1. The van der Waals surface area contributed by atoms with Crippen LogP contribution in [0.15, 0.2) is 21.2 Å². The van der Waals surface area contributed by atoms with Gasteiger partial charge in [-0.3, -0.25) is 0 Å². The lowest BCUT2D eigenvalue weighted by Crippen LogP contribution is -2.50. The first-order valence-electron chi connectivity index (χ1n) is 10.6. The van der Waals surface area contributed by atoms with E-state index in [1.807, 2.05) is 6.07 Å².